The van der Waals surface area contributed by atoms with Gasteiger partial charge < -0.3 is 14.8 Å². The molecule has 0 unspecified atom stereocenters. The number of hydrogen-bond acceptors (Lipinski definition) is 5. The van der Waals surface area contributed by atoms with Gasteiger partial charge in [0, 0.05) is 5.56 Å². The maximum Gasteiger partial charge on any atom is 0.251 e. The molecule has 192 valence electrons. The molecule has 7 nitrogen and oxygen atoms in total. The van der Waals surface area contributed by atoms with Crippen molar-refractivity contribution < 1.29 is 22.7 Å². The number of amides is 1. The van der Waals surface area contributed by atoms with Crippen LogP contribution in [-0.4, -0.2) is 40.3 Å². The summed E-state index contributed by atoms with van der Waals surface area (Å²) < 4.78 is 37.9. The molecule has 0 atom stereocenters. The molecule has 4 aromatic carbocycles. The summed E-state index contributed by atoms with van der Waals surface area (Å²) in [7, 11) is -3.57. The molecule has 0 aromatic heterocycles. The lowest BCUT2D eigenvalue weighted by Gasteiger charge is -2.24. The number of nitrogens with one attached hydrogen (secondary N) is 1. The molecule has 1 N–H and O–H groups in total. The third-order valence-corrected chi connectivity index (χ3v) is 6.88. The van der Waals surface area contributed by atoms with Crippen LogP contribution in [0.25, 0.3) is 10.8 Å². The molecule has 1 amide bonds. The van der Waals surface area contributed by atoms with Gasteiger partial charge in [-0.2, -0.15) is 0 Å². The quantitative estimate of drug-likeness (QED) is 0.282. The smallest absolute Gasteiger partial charge is 0.251 e. The third-order valence-electron chi connectivity index (χ3n) is 5.75. The van der Waals surface area contributed by atoms with Crippen LogP contribution in [-0.2, 0) is 16.6 Å². The van der Waals surface area contributed by atoms with Gasteiger partial charge in [-0.05, 0) is 59.7 Å². The SMILES string of the molecule is CCOc1ccccc1N(Cc1ccc(C(=O)NCCOc2ccc3ccccc3c2)cc1)S(C)(=O)=O. The molecule has 4 aromatic rings. The van der Waals surface area contributed by atoms with Gasteiger partial charge in [0.2, 0.25) is 10.0 Å². The summed E-state index contributed by atoms with van der Waals surface area (Å²) >= 11 is 0. The molecule has 0 fully saturated rings. The van der Waals surface area contributed by atoms with Crippen molar-refractivity contribution in [3.63, 3.8) is 0 Å². The molecular formula is C29H30N2O5S. The molecule has 0 saturated carbocycles. The zero-order valence-corrected chi connectivity index (χ0v) is 21.7. The molecule has 0 spiro atoms. The Balaban J connectivity index is 1.34. The van der Waals surface area contributed by atoms with Crippen molar-refractivity contribution >= 4 is 32.4 Å². The minimum absolute atomic E-state index is 0.115. The topological polar surface area (TPSA) is 84.9 Å². The highest BCUT2D eigenvalue weighted by molar-refractivity contribution is 7.92. The minimum atomic E-state index is -3.57. The van der Waals surface area contributed by atoms with Crippen LogP contribution in [0.5, 0.6) is 11.5 Å². The van der Waals surface area contributed by atoms with E-state index >= 15 is 0 Å². The number of anilines is 1. The van der Waals surface area contributed by atoms with E-state index in [9.17, 15) is 13.2 Å². The number of rotatable bonds is 11. The molecule has 0 aliphatic rings. The van der Waals surface area contributed by atoms with Crippen molar-refractivity contribution in [2.24, 2.45) is 0 Å². The Hall–Kier alpha value is -4.04. The number of carbonyl (C=O) groups excluding carboxylic acids is 1. The summed E-state index contributed by atoms with van der Waals surface area (Å²) in [5.41, 5.74) is 1.70. The standard InChI is InChI=1S/C29H30N2O5S/c1-3-35-28-11-7-6-10-27(28)31(37(2,33)34)21-22-12-14-24(15-13-22)29(32)30-18-19-36-26-17-16-23-8-4-5-9-25(23)20-26/h4-17,20H,3,18-19,21H2,1-2H3,(H,30,32). The third kappa shape index (κ3) is 6.80. The highest BCUT2D eigenvalue weighted by Crippen LogP contribution is 2.31. The van der Waals surface area contributed by atoms with Gasteiger partial charge in [0.15, 0.2) is 0 Å². The van der Waals surface area contributed by atoms with Crippen LogP contribution in [0.3, 0.4) is 0 Å². The zero-order chi connectivity index (χ0) is 26.3. The van der Waals surface area contributed by atoms with Gasteiger partial charge in [-0.3, -0.25) is 9.10 Å². The number of para-hydroxylation sites is 2. The molecule has 8 heteroatoms. The van der Waals surface area contributed by atoms with Crippen molar-refractivity contribution in [2.75, 3.05) is 30.3 Å². The van der Waals surface area contributed by atoms with Crippen LogP contribution in [0.2, 0.25) is 0 Å². The first kappa shape index (κ1) is 26.0. The summed E-state index contributed by atoms with van der Waals surface area (Å²) in [5.74, 6) is 1.02. The van der Waals surface area contributed by atoms with Crippen LogP contribution >= 0.6 is 0 Å². The van der Waals surface area contributed by atoms with Crippen LogP contribution in [0.1, 0.15) is 22.8 Å². The van der Waals surface area contributed by atoms with E-state index in [1.54, 1.807) is 48.5 Å². The van der Waals surface area contributed by atoms with E-state index < -0.39 is 10.0 Å². The first-order valence-electron chi connectivity index (χ1n) is 12.0. The number of benzene rings is 4. The number of carbonyl (C=O) groups is 1. The lowest BCUT2D eigenvalue weighted by atomic mass is 10.1. The van der Waals surface area contributed by atoms with E-state index in [2.05, 4.69) is 5.32 Å². The van der Waals surface area contributed by atoms with E-state index in [1.807, 2.05) is 49.4 Å². The van der Waals surface area contributed by atoms with Crippen molar-refractivity contribution in [3.05, 3.63) is 102 Å². The van der Waals surface area contributed by atoms with Gasteiger partial charge in [0.1, 0.15) is 18.1 Å². The fraction of sp³-hybridized carbons (Fsp3) is 0.207. The molecule has 0 aliphatic carbocycles. The predicted octanol–water partition coefficient (Wildman–Crippen LogP) is 5.01. The molecular weight excluding hydrogens is 488 g/mol. The van der Waals surface area contributed by atoms with Gasteiger partial charge in [0.25, 0.3) is 5.91 Å². The van der Waals surface area contributed by atoms with Crippen molar-refractivity contribution in [3.8, 4) is 11.5 Å². The highest BCUT2D eigenvalue weighted by Gasteiger charge is 2.21. The second-order valence-corrected chi connectivity index (χ2v) is 10.4. The maximum atomic E-state index is 12.6. The van der Waals surface area contributed by atoms with E-state index in [0.717, 1.165) is 28.3 Å². The average Bonchev–Trinajstić information content (AvgIpc) is 2.90. The molecule has 0 bridgehead atoms. The fourth-order valence-corrected chi connectivity index (χ4v) is 4.83. The van der Waals surface area contributed by atoms with Gasteiger partial charge in [-0.25, -0.2) is 8.42 Å². The van der Waals surface area contributed by atoms with Gasteiger partial charge in [0.05, 0.1) is 31.6 Å². The Morgan fingerprint density at radius 1 is 0.865 bits per heavy atom. The van der Waals surface area contributed by atoms with Crippen LogP contribution in [0, 0.1) is 0 Å². The summed E-state index contributed by atoms with van der Waals surface area (Å²) in [4.78, 5) is 12.6. The average molecular weight is 519 g/mol. The second kappa shape index (κ2) is 11.8. The van der Waals surface area contributed by atoms with E-state index in [4.69, 9.17) is 9.47 Å². The first-order valence-corrected chi connectivity index (χ1v) is 13.9. The van der Waals surface area contributed by atoms with Gasteiger partial charge in [-0.1, -0.05) is 54.6 Å². The Morgan fingerprint density at radius 2 is 1.57 bits per heavy atom. The molecule has 37 heavy (non-hydrogen) atoms. The normalized spacial score (nSPS) is 11.2. The first-order chi connectivity index (χ1) is 17.8. The summed E-state index contributed by atoms with van der Waals surface area (Å²) in [5, 5.41) is 5.09. The van der Waals surface area contributed by atoms with Gasteiger partial charge in [-0.15, -0.1) is 0 Å². The Bertz CT molecular complexity index is 1470. The zero-order valence-electron chi connectivity index (χ0n) is 20.9. The monoisotopic (exact) mass is 518 g/mol. The summed E-state index contributed by atoms with van der Waals surface area (Å²) in [6.45, 7) is 3.07. The van der Waals surface area contributed by atoms with E-state index in [0.29, 0.717) is 36.8 Å². The lowest BCUT2D eigenvalue weighted by molar-refractivity contribution is 0.0947. The Kier molecular flexibility index (Phi) is 8.30. The summed E-state index contributed by atoms with van der Waals surface area (Å²) in [6, 6.07) is 27.8. The van der Waals surface area contributed by atoms with Gasteiger partial charge >= 0.3 is 0 Å². The van der Waals surface area contributed by atoms with Crippen LogP contribution in [0.15, 0.2) is 91.0 Å². The molecule has 4 rings (SSSR count). The molecule has 0 heterocycles. The number of ether oxygens (including phenoxy) is 2. The molecule has 0 saturated heterocycles. The Labute approximate surface area is 217 Å². The van der Waals surface area contributed by atoms with E-state index in [1.165, 1.54) is 4.31 Å². The van der Waals surface area contributed by atoms with E-state index in [-0.39, 0.29) is 12.5 Å². The number of hydrogen-bond donors (Lipinski definition) is 1. The summed E-state index contributed by atoms with van der Waals surface area (Å²) in [6.07, 6.45) is 1.16. The fourth-order valence-electron chi connectivity index (χ4n) is 3.94. The lowest BCUT2D eigenvalue weighted by Crippen LogP contribution is -2.30. The second-order valence-electron chi connectivity index (χ2n) is 8.48. The van der Waals surface area contributed by atoms with Crippen LogP contribution in [0.4, 0.5) is 5.69 Å². The molecule has 0 aliphatic heterocycles. The van der Waals surface area contributed by atoms with Crippen molar-refractivity contribution in [1.82, 2.24) is 5.32 Å². The van der Waals surface area contributed by atoms with Crippen LogP contribution < -0.4 is 19.1 Å². The number of fused-ring (bicyclic) bond motifs is 1. The number of sulfonamides is 1. The van der Waals surface area contributed by atoms with Crippen molar-refractivity contribution in [1.29, 1.82) is 0 Å². The Morgan fingerprint density at radius 3 is 2.30 bits per heavy atom. The minimum Gasteiger partial charge on any atom is -0.492 e. The predicted molar refractivity (Wildman–Crippen MR) is 147 cm³/mol. The van der Waals surface area contributed by atoms with Crippen molar-refractivity contribution in [2.45, 2.75) is 13.5 Å². The number of nitrogens with zero attached hydrogens (tertiary/aromatic N) is 1. The highest BCUT2D eigenvalue weighted by atomic mass is 32.2. The largest absolute Gasteiger partial charge is 0.492 e. The molecule has 0 radical (unpaired) electrons. The maximum absolute atomic E-state index is 12.6.